The van der Waals surface area contributed by atoms with Gasteiger partial charge in [0.25, 0.3) is 0 Å². The molecule has 78 valence electrons. The van der Waals surface area contributed by atoms with Crippen LogP contribution < -0.4 is 10.5 Å². The van der Waals surface area contributed by atoms with Gasteiger partial charge in [-0.2, -0.15) is 0 Å². The maximum atomic E-state index is 5.79. The largest absolute Gasteiger partial charge is 0.474 e. The zero-order valence-electron chi connectivity index (χ0n) is 9.03. The summed E-state index contributed by atoms with van der Waals surface area (Å²) in [5.74, 6) is 0.807. The maximum Gasteiger partial charge on any atom is 0.152 e. The first-order valence-electron chi connectivity index (χ1n) is 5.01. The molecule has 15 heavy (non-hydrogen) atoms. The van der Waals surface area contributed by atoms with Crippen LogP contribution in [0.3, 0.4) is 0 Å². The molecule has 0 amide bonds. The minimum atomic E-state index is -0.636. The summed E-state index contributed by atoms with van der Waals surface area (Å²) < 4.78 is 5.59. The molecule has 0 unspecified atom stereocenters. The van der Waals surface area contributed by atoms with E-state index in [0.717, 1.165) is 5.75 Å². The van der Waals surface area contributed by atoms with Gasteiger partial charge < -0.3 is 4.74 Å². The molecule has 0 saturated carbocycles. The van der Waals surface area contributed by atoms with Gasteiger partial charge in [-0.15, -0.1) is 0 Å². The highest BCUT2D eigenvalue weighted by atomic mass is 16.5. The van der Waals surface area contributed by atoms with Gasteiger partial charge in [0, 0.05) is 0 Å². The predicted molar refractivity (Wildman–Crippen MR) is 62.8 cm³/mol. The van der Waals surface area contributed by atoms with Crippen molar-refractivity contribution >= 4 is 10.8 Å². The first kappa shape index (κ1) is 9.99. The highest BCUT2D eigenvalue weighted by Gasteiger charge is 2.11. The molecule has 0 aliphatic heterocycles. The van der Waals surface area contributed by atoms with Crippen LogP contribution in [0.15, 0.2) is 42.5 Å². The van der Waals surface area contributed by atoms with Crippen LogP contribution in [-0.4, -0.2) is 5.72 Å². The minimum absolute atomic E-state index is 0.636. The van der Waals surface area contributed by atoms with Crippen molar-refractivity contribution in [2.24, 2.45) is 5.73 Å². The Bertz CT molecular complexity index is 471. The van der Waals surface area contributed by atoms with E-state index in [9.17, 15) is 0 Å². The van der Waals surface area contributed by atoms with E-state index in [4.69, 9.17) is 10.5 Å². The van der Waals surface area contributed by atoms with Gasteiger partial charge >= 0.3 is 0 Å². The fourth-order valence-corrected chi connectivity index (χ4v) is 1.53. The smallest absolute Gasteiger partial charge is 0.152 e. The molecular weight excluding hydrogens is 186 g/mol. The van der Waals surface area contributed by atoms with Crippen LogP contribution in [0.1, 0.15) is 13.8 Å². The average Bonchev–Trinajstić information content (AvgIpc) is 2.15. The van der Waals surface area contributed by atoms with E-state index in [-0.39, 0.29) is 0 Å². The Hall–Kier alpha value is -1.54. The number of ether oxygens (including phenoxy) is 1. The maximum absolute atomic E-state index is 5.79. The SMILES string of the molecule is CC(C)(N)Oc1ccc2ccccc2c1. The van der Waals surface area contributed by atoms with Crippen LogP contribution in [0, 0.1) is 0 Å². The van der Waals surface area contributed by atoms with Crippen LogP contribution in [0.4, 0.5) is 0 Å². The Morgan fingerprint density at radius 1 is 1.00 bits per heavy atom. The third-order valence-corrected chi connectivity index (χ3v) is 2.10. The van der Waals surface area contributed by atoms with E-state index in [2.05, 4.69) is 12.1 Å². The summed E-state index contributed by atoms with van der Waals surface area (Å²) in [6, 6.07) is 14.2. The second kappa shape index (κ2) is 3.55. The molecule has 2 N–H and O–H groups in total. The van der Waals surface area contributed by atoms with Crippen molar-refractivity contribution in [3.63, 3.8) is 0 Å². The molecule has 2 heteroatoms. The number of fused-ring (bicyclic) bond motifs is 1. The Balaban J connectivity index is 2.39. The molecule has 0 radical (unpaired) electrons. The van der Waals surface area contributed by atoms with Crippen molar-refractivity contribution in [2.75, 3.05) is 0 Å². The lowest BCUT2D eigenvalue weighted by Gasteiger charge is -2.21. The second-order valence-corrected chi connectivity index (χ2v) is 4.21. The highest BCUT2D eigenvalue weighted by Crippen LogP contribution is 2.22. The quantitative estimate of drug-likeness (QED) is 0.758. The van der Waals surface area contributed by atoms with Crippen LogP contribution in [-0.2, 0) is 0 Å². The van der Waals surface area contributed by atoms with E-state index >= 15 is 0 Å². The lowest BCUT2D eigenvalue weighted by atomic mass is 10.1. The number of hydrogen-bond acceptors (Lipinski definition) is 2. The monoisotopic (exact) mass is 201 g/mol. The normalized spacial score (nSPS) is 11.7. The minimum Gasteiger partial charge on any atom is -0.474 e. The third kappa shape index (κ3) is 2.48. The van der Waals surface area contributed by atoms with Gasteiger partial charge in [-0.3, -0.25) is 5.73 Å². The molecule has 2 nitrogen and oxygen atoms in total. The first-order chi connectivity index (χ1) is 7.04. The number of rotatable bonds is 2. The van der Waals surface area contributed by atoms with Crippen LogP contribution in [0.2, 0.25) is 0 Å². The molecule has 2 aromatic carbocycles. The standard InChI is InChI=1S/C13H15NO/c1-13(2,14)15-12-8-7-10-5-3-4-6-11(10)9-12/h3-9H,14H2,1-2H3. The number of hydrogen-bond donors (Lipinski definition) is 1. The van der Waals surface area contributed by atoms with Gasteiger partial charge in [0.05, 0.1) is 0 Å². The van der Waals surface area contributed by atoms with E-state index in [0.29, 0.717) is 0 Å². The summed E-state index contributed by atoms with van der Waals surface area (Å²) in [5.41, 5.74) is 5.15. The molecule has 0 heterocycles. The van der Waals surface area contributed by atoms with Crippen molar-refractivity contribution < 1.29 is 4.74 Å². The van der Waals surface area contributed by atoms with E-state index in [1.807, 2.05) is 44.2 Å². The lowest BCUT2D eigenvalue weighted by molar-refractivity contribution is 0.117. The van der Waals surface area contributed by atoms with Crippen LogP contribution in [0.5, 0.6) is 5.75 Å². The van der Waals surface area contributed by atoms with E-state index in [1.165, 1.54) is 10.8 Å². The van der Waals surface area contributed by atoms with Gasteiger partial charge in [-0.05, 0) is 36.8 Å². The van der Waals surface area contributed by atoms with Crippen LogP contribution in [0.25, 0.3) is 10.8 Å². The van der Waals surface area contributed by atoms with Gasteiger partial charge in [0.15, 0.2) is 5.72 Å². The molecule has 0 atom stereocenters. The number of nitrogens with two attached hydrogens (primary N) is 1. The molecular formula is C13H15NO. The molecule has 0 fully saturated rings. The first-order valence-corrected chi connectivity index (χ1v) is 5.01. The molecule has 0 bridgehead atoms. The molecule has 0 spiro atoms. The molecule has 2 aromatic rings. The average molecular weight is 201 g/mol. The summed E-state index contributed by atoms with van der Waals surface area (Å²) in [5, 5.41) is 2.37. The Morgan fingerprint density at radius 2 is 1.67 bits per heavy atom. The van der Waals surface area contributed by atoms with Gasteiger partial charge in [0.2, 0.25) is 0 Å². The van der Waals surface area contributed by atoms with E-state index < -0.39 is 5.72 Å². The summed E-state index contributed by atoms with van der Waals surface area (Å²) in [4.78, 5) is 0. The summed E-state index contributed by atoms with van der Waals surface area (Å²) in [7, 11) is 0. The zero-order valence-corrected chi connectivity index (χ0v) is 9.03. The third-order valence-electron chi connectivity index (χ3n) is 2.10. The van der Waals surface area contributed by atoms with Gasteiger partial charge in [-0.1, -0.05) is 30.3 Å². The van der Waals surface area contributed by atoms with Crippen molar-refractivity contribution in [1.82, 2.24) is 0 Å². The second-order valence-electron chi connectivity index (χ2n) is 4.21. The van der Waals surface area contributed by atoms with Crippen molar-refractivity contribution in [3.05, 3.63) is 42.5 Å². The van der Waals surface area contributed by atoms with Crippen molar-refractivity contribution in [3.8, 4) is 5.75 Å². The Labute approximate surface area is 89.7 Å². The summed E-state index contributed by atoms with van der Waals surface area (Å²) in [6.45, 7) is 3.67. The molecule has 0 aliphatic rings. The predicted octanol–water partition coefficient (Wildman–Crippen LogP) is 2.91. The van der Waals surface area contributed by atoms with E-state index in [1.54, 1.807) is 0 Å². The van der Waals surface area contributed by atoms with Crippen LogP contribution >= 0.6 is 0 Å². The molecule has 0 aromatic heterocycles. The number of benzene rings is 2. The van der Waals surface area contributed by atoms with Gasteiger partial charge in [0.1, 0.15) is 5.75 Å². The van der Waals surface area contributed by atoms with Crippen molar-refractivity contribution in [2.45, 2.75) is 19.6 Å². The Morgan fingerprint density at radius 3 is 2.33 bits per heavy atom. The fourth-order valence-electron chi connectivity index (χ4n) is 1.53. The molecule has 2 rings (SSSR count). The van der Waals surface area contributed by atoms with Gasteiger partial charge in [-0.25, -0.2) is 0 Å². The molecule has 0 aliphatic carbocycles. The topological polar surface area (TPSA) is 35.2 Å². The summed E-state index contributed by atoms with van der Waals surface area (Å²) >= 11 is 0. The highest BCUT2D eigenvalue weighted by molar-refractivity contribution is 5.83. The lowest BCUT2D eigenvalue weighted by Crippen LogP contribution is -2.38. The summed E-state index contributed by atoms with van der Waals surface area (Å²) in [6.07, 6.45) is 0. The Kier molecular flexibility index (Phi) is 2.37. The van der Waals surface area contributed by atoms with Crippen molar-refractivity contribution in [1.29, 1.82) is 0 Å². The fraction of sp³-hybridized carbons (Fsp3) is 0.231. The molecule has 0 saturated heterocycles. The zero-order chi connectivity index (χ0) is 10.9.